The molecule has 0 bridgehead atoms. The van der Waals surface area contributed by atoms with Gasteiger partial charge in [0.05, 0.1) is 12.2 Å². The molecule has 1 aromatic carbocycles. The van der Waals surface area contributed by atoms with E-state index in [1.165, 1.54) is 0 Å². The Bertz CT molecular complexity index is 742. The van der Waals surface area contributed by atoms with Crippen LogP contribution < -0.4 is 5.32 Å². The number of aromatic nitrogens is 1. The first kappa shape index (κ1) is 12.2. The number of aromatic amines is 1. The van der Waals surface area contributed by atoms with Crippen molar-refractivity contribution in [2.24, 2.45) is 0 Å². The van der Waals surface area contributed by atoms with Crippen molar-refractivity contribution in [3.8, 4) is 6.07 Å². The van der Waals surface area contributed by atoms with Crippen LogP contribution in [0, 0.1) is 11.3 Å². The third-order valence-electron chi connectivity index (χ3n) is 3.31. The molecule has 1 saturated heterocycles. The second-order valence-corrected chi connectivity index (χ2v) is 4.56. The van der Waals surface area contributed by atoms with Gasteiger partial charge in [0.25, 0.3) is 5.91 Å². The van der Waals surface area contributed by atoms with Gasteiger partial charge in [-0.3, -0.25) is 4.79 Å². The van der Waals surface area contributed by atoms with Crippen molar-refractivity contribution < 1.29 is 14.3 Å². The van der Waals surface area contributed by atoms with E-state index in [0.717, 1.165) is 5.52 Å². The summed E-state index contributed by atoms with van der Waals surface area (Å²) in [6, 6.07) is 6.50. The first-order valence-electron chi connectivity index (χ1n) is 6.18. The van der Waals surface area contributed by atoms with Gasteiger partial charge in [-0.2, -0.15) is 5.26 Å². The van der Waals surface area contributed by atoms with Gasteiger partial charge in [0.2, 0.25) is 0 Å². The molecule has 0 saturated carbocycles. The Kier molecular flexibility index (Phi) is 2.88. The first-order valence-corrected chi connectivity index (χ1v) is 6.18. The largest absolute Gasteiger partial charge is 0.464 e. The highest BCUT2D eigenvalue weighted by Crippen LogP contribution is 2.19. The molecular weight excluding hydrogens is 258 g/mol. The maximum atomic E-state index is 12.1. The molecule has 20 heavy (non-hydrogen) atoms. The van der Waals surface area contributed by atoms with Gasteiger partial charge < -0.3 is 15.0 Å². The number of cyclic esters (lactones) is 1. The number of nitrogens with one attached hydrogen (secondary N) is 2. The number of nitriles is 1. The number of H-pyrrole nitrogens is 1. The van der Waals surface area contributed by atoms with E-state index in [1.54, 1.807) is 24.4 Å². The summed E-state index contributed by atoms with van der Waals surface area (Å²) < 4.78 is 4.79. The van der Waals surface area contributed by atoms with Crippen LogP contribution in [-0.4, -0.2) is 29.5 Å². The quantitative estimate of drug-likeness (QED) is 0.798. The Morgan fingerprint density at radius 2 is 2.35 bits per heavy atom. The van der Waals surface area contributed by atoms with Crippen LogP contribution in [0.25, 0.3) is 10.9 Å². The molecule has 1 amide bonds. The lowest BCUT2D eigenvalue weighted by Gasteiger charge is -2.08. The number of amides is 1. The highest BCUT2D eigenvalue weighted by atomic mass is 16.5. The summed E-state index contributed by atoms with van der Waals surface area (Å²) >= 11 is 0. The zero-order chi connectivity index (χ0) is 14.1. The molecule has 0 spiro atoms. The minimum atomic E-state index is -0.583. The Morgan fingerprint density at radius 3 is 3.05 bits per heavy atom. The molecule has 3 rings (SSSR count). The van der Waals surface area contributed by atoms with Gasteiger partial charge in [0.1, 0.15) is 12.1 Å². The average Bonchev–Trinajstić information content (AvgIpc) is 3.04. The number of nitrogens with zero attached hydrogens (tertiary/aromatic N) is 1. The van der Waals surface area contributed by atoms with Crippen LogP contribution in [0.4, 0.5) is 0 Å². The molecule has 0 aliphatic carbocycles. The van der Waals surface area contributed by atoms with Gasteiger partial charge in [-0.25, -0.2) is 4.79 Å². The van der Waals surface area contributed by atoms with Crippen molar-refractivity contribution in [2.75, 3.05) is 6.61 Å². The van der Waals surface area contributed by atoms with Crippen LogP contribution in [-0.2, 0) is 9.53 Å². The lowest BCUT2D eigenvalue weighted by molar-refractivity contribution is -0.139. The Balaban J connectivity index is 1.88. The maximum Gasteiger partial charge on any atom is 0.328 e. The fourth-order valence-corrected chi connectivity index (χ4v) is 2.22. The molecule has 2 N–H and O–H groups in total. The minimum absolute atomic E-state index is 0.333. The summed E-state index contributed by atoms with van der Waals surface area (Å²) in [6.07, 6.45) is 2.08. The molecule has 1 aromatic heterocycles. The number of hydrogen-bond acceptors (Lipinski definition) is 4. The van der Waals surface area contributed by atoms with Crippen molar-refractivity contribution in [3.05, 3.63) is 35.5 Å². The predicted octanol–water partition coefficient (Wildman–Crippen LogP) is 1.08. The highest BCUT2D eigenvalue weighted by molar-refractivity contribution is 6.01. The van der Waals surface area contributed by atoms with Gasteiger partial charge in [-0.05, 0) is 18.2 Å². The van der Waals surface area contributed by atoms with Gasteiger partial charge in [0, 0.05) is 29.1 Å². The van der Waals surface area contributed by atoms with E-state index in [9.17, 15) is 9.59 Å². The first-order chi connectivity index (χ1) is 9.69. The third kappa shape index (κ3) is 1.99. The van der Waals surface area contributed by atoms with E-state index in [1.807, 2.05) is 0 Å². The van der Waals surface area contributed by atoms with Crippen LogP contribution in [0.15, 0.2) is 24.4 Å². The number of fused-ring (bicyclic) bond motifs is 1. The van der Waals surface area contributed by atoms with E-state index in [0.29, 0.717) is 29.5 Å². The molecule has 6 nitrogen and oxygen atoms in total. The maximum absolute atomic E-state index is 12.1. The van der Waals surface area contributed by atoms with Crippen LogP contribution in [0.1, 0.15) is 22.3 Å². The fourth-order valence-electron chi connectivity index (χ4n) is 2.22. The topological polar surface area (TPSA) is 95.0 Å². The van der Waals surface area contributed by atoms with Gasteiger partial charge in [-0.1, -0.05) is 0 Å². The summed E-state index contributed by atoms with van der Waals surface area (Å²) in [4.78, 5) is 26.4. The molecule has 1 atom stereocenters. The minimum Gasteiger partial charge on any atom is -0.464 e. The van der Waals surface area contributed by atoms with Crippen molar-refractivity contribution in [1.82, 2.24) is 10.3 Å². The molecule has 100 valence electrons. The van der Waals surface area contributed by atoms with Crippen molar-refractivity contribution in [1.29, 1.82) is 5.26 Å². The lowest BCUT2D eigenvalue weighted by atomic mass is 10.1. The van der Waals surface area contributed by atoms with Gasteiger partial charge in [0.15, 0.2) is 0 Å². The van der Waals surface area contributed by atoms with Crippen LogP contribution in [0.2, 0.25) is 0 Å². The second kappa shape index (κ2) is 4.70. The predicted molar refractivity (Wildman–Crippen MR) is 69.8 cm³/mol. The van der Waals surface area contributed by atoms with Crippen molar-refractivity contribution in [2.45, 2.75) is 12.5 Å². The number of rotatable bonds is 2. The van der Waals surface area contributed by atoms with Gasteiger partial charge >= 0.3 is 5.97 Å². The number of carbonyl (C=O) groups is 2. The Morgan fingerprint density at radius 1 is 1.50 bits per heavy atom. The summed E-state index contributed by atoms with van der Waals surface area (Å²) in [5.74, 6) is -0.750. The SMILES string of the molecule is N#Cc1c[nH]c2ccc(C(=O)N[C@@H]3CCOC3=O)cc12. The van der Waals surface area contributed by atoms with E-state index < -0.39 is 12.0 Å². The number of esters is 1. The zero-order valence-electron chi connectivity index (χ0n) is 10.5. The molecule has 1 aliphatic rings. The molecule has 1 aliphatic heterocycles. The zero-order valence-corrected chi connectivity index (χ0v) is 10.5. The van der Waals surface area contributed by atoms with E-state index in [2.05, 4.69) is 16.4 Å². The third-order valence-corrected chi connectivity index (χ3v) is 3.31. The molecule has 0 unspecified atom stereocenters. The summed E-state index contributed by atoms with van der Waals surface area (Å²) in [6.45, 7) is 0.333. The molecule has 2 aromatic rings. The number of benzene rings is 1. The monoisotopic (exact) mass is 269 g/mol. The van der Waals surface area contributed by atoms with Crippen LogP contribution in [0.3, 0.4) is 0 Å². The summed E-state index contributed by atoms with van der Waals surface area (Å²) in [5, 5.41) is 12.3. The van der Waals surface area contributed by atoms with Gasteiger partial charge in [-0.15, -0.1) is 0 Å². The highest BCUT2D eigenvalue weighted by Gasteiger charge is 2.28. The number of hydrogen-bond donors (Lipinski definition) is 2. The Hall–Kier alpha value is -2.81. The number of ether oxygens (including phenoxy) is 1. The fraction of sp³-hybridized carbons (Fsp3) is 0.214. The molecular formula is C14H11N3O3. The number of carbonyl (C=O) groups excluding carboxylic acids is 2. The van der Waals surface area contributed by atoms with Crippen molar-refractivity contribution in [3.63, 3.8) is 0 Å². The van der Waals surface area contributed by atoms with Crippen LogP contribution in [0.5, 0.6) is 0 Å². The van der Waals surface area contributed by atoms with Crippen LogP contribution >= 0.6 is 0 Å². The van der Waals surface area contributed by atoms with E-state index in [4.69, 9.17) is 10.00 Å². The second-order valence-electron chi connectivity index (χ2n) is 4.56. The average molecular weight is 269 g/mol. The summed E-state index contributed by atoms with van der Waals surface area (Å²) in [7, 11) is 0. The standard InChI is InChI=1S/C14H11N3O3/c15-6-9-7-16-11-2-1-8(5-10(9)11)13(18)17-12-3-4-20-14(12)19/h1-2,5,7,12,16H,3-4H2,(H,17,18)/t12-/m1/s1. The van der Waals surface area contributed by atoms with E-state index in [-0.39, 0.29) is 5.91 Å². The summed E-state index contributed by atoms with van der Waals surface area (Å²) in [5.41, 5.74) is 1.68. The van der Waals surface area contributed by atoms with Crippen molar-refractivity contribution >= 4 is 22.8 Å². The molecule has 6 heteroatoms. The normalized spacial score (nSPS) is 17.8. The lowest BCUT2D eigenvalue weighted by Crippen LogP contribution is -2.37. The molecule has 1 fully saturated rings. The smallest absolute Gasteiger partial charge is 0.328 e. The van der Waals surface area contributed by atoms with E-state index >= 15 is 0 Å². The molecule has 2 heterocycles. The Labute approximate surface area is 114 Å². The molecule has 0 radical (unpaired) electrons.